The van der Waals surface area contributed by atoms with Gasteiger partial charge in [-0.1, -0.05) is 19.1 Å². The number of H-pyrrole nitrogens is 1. The zero-order valence-electron chi connectivity index (χ0n) is 12.9. The van der Waals surface area contributed by atoms with Gasteiger partial charge < -0.3 is 15.0 Å². The molecule has 0 saturated heterocycles. The third-order valence-electron chi connectivity index (χ3n) is 3.94. The van der Waals surface area contributed by atoms with E-state index in [-0.39, 0.29) is 11.6 Å². The fraction of sp³-hybridized carbons (Fsp3) is 0.471. The van der Waals surface area contributed by atoms with E-state index in [1.54, 1.807) is 6.20 Å². The molecule has 1 aromatic carbocycles. The average Bonchev–Trinajstić information content (AvgIpc) is 3.05. The minimum Gasteiger partial charge on any atom is -0.487 e. The second-order valence-electron chi connectivity index (χ2n) is 6.30. The first-order valence-electron chi connectivity index (χ1n) is 7.61. The van der Waals surface area contributed by atoms with E-state index in [2.05, 4.69) is 54.3 Å². The summed E-state index contributed by atoms with van der Waals surface area (Å²) in [5, 5.41) is 3.57. The Kier molecular flexibility index (Phi) is 3.72. The summed E-state index contributed by atoms with van der Waals surface area (Å²) in [4.78, 5) is 7.52. The summed E-state index contributed by atoms with van der Waals surface area (Å²) >= 11 is 0. The number of hydrogen-bond acceptors (Lipinski definition) is 3. The molecule has 0 bridgehead atoms. The van der Waals surface area contributed by atoms with Crippen LogP contribution in [0.15, 0.2) is 30.6 Å². The standard InChI is InChI=1S/C17H23N3O/c1-4-14(16-18-7-8-19-16)20-11-12-5-6-15-13(9-12)10-17(2,3)21-15/h5-9,14,20H,4,10-11H2,1-3H3,(H,18,19). The van der Waals surface area contributed by atoms with E-state index in [0.717, 1.165) is 31.0 Å². The first-order chi connectivity index (χ1) is 10.1. The third-order valence-corrected chi connectivity index (χ3v) is 3.94. The molecule has 4 heteroatoms. The summed E-state index contributed by atoms with van der Waals surface area (Å²) in [5.41, 5.74) is 2.53. The second kappa shape index (κ2) is 5.53. The van der Waals surface area contributed by atoms with Gasteiger partial charge in [0.15, 0.2) is 0 Å². The smallest absolute Gasteiger partial charge is 0.123 e. The summed E-state index contributed by atoms with van der Waals surface area (Å²) in [6, 6.07) is 6.75. The maximum Gasteiger partial charge on any atom is 0.123 e. The molecular weight excluding hydrogens is 262 g/mol. The van der Waals surface area contributed by atoms with Crippen LogP contribution in [0.3, 0.4) is 0 Å². The molecule has 2 N–H and O–H groups in total. The number of ether oxygens (including phenoxy) is 1. The predicted molar refractivity (Wildman–Crippen MR) is 83.3 cm³/mol. The van der Waals surface area contributed by atoms with Crippen LogP contribution < -0.4 is 10.1 Å². The van der Waals surface area contributed by atoms with Crippen molar-refractivity contribution in [3.8, 4) is 5.75 Å². The molecule has 0 radical (unpaired) electrons. The molecule has 3 rings (SSSR count). The van der Waals surface area contributed by atoms with Gasteiger partial charge in [-0.15, -0.1) is 0 Å². The van der Waals surface area contributed by atoms with Gasteiger partial charge in [-0.25, -0.2) is 4.98 Å². The van der Waals surface area contributed by atoms with Crippen molar-refractivity contribution in [2.45, 2.75) is 51.8 Å². The summed E-state index contributed by atoms with van der Waals surface area (Å²) in [5.74, 6) is 2.03. The number of nitrogens with zero attached hydrogens (tertiary/aromatic N) is 1. The quantitative estimate of drug-likeness (QED) is 0.885. The van der Waals surface area contributed by atoms with Gasteiger partial charge in [-0.05, 0) is 37.5 Å². The minimum atomic E-state index is -0.0749. The lowest BCUT2D eigenvalue weighted by molar-refractivity contribution is 0.138. The zero-order chi connectivity index (χ0) is 14.9. The maximum atomic E-state index is 5.92. The van der Waals surface area contributed by atoms with Gasteiger partial charge in [-0.2, -0.15) is 0 Å². The largest absolute Gasteiger partial charge is 0.487 e. The number of aromatic nitrogens is 2. The fourth-order valence-corrected chi connectivity index (χ4v) is 2.92. The Bertz CT molecular complexity index is 605. The van der Waals surface area contributed by atoms with Crippen molar-refractivity contribution in [2.24, 2.45) is 0 Å². The monoisotopic (exact) mass is 285 g/mol. The molecule has 2 heterocycles. The highest BCUT2D eigenvalue weighted by atomic mass is 16.5. The molecule has 1 aromatic heterocycles. The highest BCUT2D eigenvalue weighted by Gasteiger charge is 2.29. The average molecular weight is 285 g/mol. The Morgan fingerprint density at radius 3 is 3.00 bits per heavy atom. The highest BCUT2D eigenvalue weighted by Crippen LogP contribution is 2.35. The first-order valence-corrected chi connectivity index (χ1v) is 7.61. The van der Waals surface area contributed by atoms with Crippen molar-refractivity contribution < 1.29 is 4.74 Å². The van der Waals surface area contributed by atoms with Crippen LogP contribution in [-0.2, 0) is 13.0 Å². The molecule has 0 fully saturated rings. The van der Waals surface area contributed by atoms with E-state index in [0.29, 0.717) is 0 Å². The van der Waals surface area contributed by atoms with Crippen molar-refractivity contribution in [2.75, 3.05) is 0 Å². The molecule has 0 amide bonds. The Labute approximate surface area is 125 Å². The lowest BCUT2D eigenvalue weighted by Gasteiger charge is -2.16. The molecule has 1 aliphatic heterocycles. The minimum absolute atomic E-state index is 0.0749. The van der Waals surface area contributed by atoms with Crippen LogP contribution in [0.5, 0.6) is 5.75 Å². The zero-order valence-corrected chi connectivity index (χ0v) is 12.9. The van der Waals surface area contributed by atoms with Crippen LogP contribution >= 0.6 is 0 Å². The van der Waals surface area contributed by atoms with Crippen LogP contribution in [0.2, 0.25) is 0 Å². The Morgan fingerprint density at radius 1 is 1.43 bits per heavy atom. The van der Waals surface area contributed by atoms with Gasteiger partial charge in [0.2, 0.25) is 0 Å². The topological polar surface area (TPSA) is 49.9 Å². The van der Waals surface area contributed by atoms with E-state index < -0.39 is 0 Å². The van der Waals surface area contributed by atoms with E-state index in [1.807, 2.05) is 6.20 Å². The Hall–Kier alpha value is -1.81. The molecule has 1 unspecified atom stereocenters. The van der Waals surface area contributed by atoms with Crippen LogP contribution in [-0.4, -0.2) is 15.6 Å². The molecule has 0 spiro atoms. The van der Waals surface area contributed by atoms with E-state index in [4.69, 9.17) is 4.74 Å². The maximum absolute atomic E-state index is 5.92. The van der Waals surface area contributed by atoms with Gasteiger partial charge >= 0.3 is 0 Å². The first kappa shape index (κ1) is 14.1. The molecule has 21 heavy (non-hydrogen) atoms. The molecule has 2 aromatic rings. The van der Waals surface area contributed by atoms with Crippen LogP contribution in [0.25, 0.3) is 0 Å². The van der Waals surface area contributed by atoms with Crippen molar-refractivity contribution in [1.82, 2.24) is 15.3 Å². The lowest BCUT2D eigenvalue weighted by Crippen LogP contribution is -2.24. The Balaban J connectivity index is 1.67. The summed E-state index contributed by atoms with van der Waals surface area (Å²) < 4.78 is 5.92. The fourth-order valence-electron chi connectivity index (χ4n) is 2.92. The van der Waals surface area contributed by atoms with Gasteiger partial charge in [0.1, 0.15) is 17.2 Å². The van der Waals surface area contributed by atoms with Crippen LogP contribution in [0.4, 0.5) is 0 Å². The number of fused-ring (bicyclic) bond motifs is 1. The molecule has 4 nitrogen and oxygen atoms in total. The van der Waals surface area contributed by atoms with Gasteiger partial charge in [0, 0.05) is 25.4 Å². The lowest BCUT2D eigenvalue weighted by atomic mass is 10.00. The number of benzene rings is 1. The van der Waals surface area contributed by atoms with Crippen LogP contribution in [0, 0.1) is 0 Å². The predicted octanol–water partition coefficient (Wildman–Crippen LogP) is 3.36. The molecule has 0 saturated carbocycles. The number of imidazole rings is 1. The summed E-state index contributed by atoms with van der Waals surface area (Å²) in [7, 11) is 0. The highest BCUT2D eigenvalue weighted by molar-refractivity contribution is 5.41. The molecule has 1 atom stereocenters. The SMILES string of the molecule is CCC(NCc1ccc2c(c1)CC(C)(C)O2)c1ncc[nH]1. The van der Waals surface area contributed by atoms with Crippen LogP contribution in [0.1, 0.15) is 50.2 Å². The van der Waals surface area contributed by atoms with Gasteiger partial charge in [-0.3, -0.25) is 0 Å². The third kappa shape index (κ3) is 3.10. The molecule has 0 aliphatic carbocycles. The van der Waals surface area contributed by atoms with Crippen molar-refractivity contribution in [1.29, 1.82) is 0 Å². The number of nitrogens with one attached hydrogen (secondary N) is 2. The van der Waals surface area contributed by atoms with Crippen molar-refractivity contribution >= 4 is 0 Å². The van der Waals surface area contributed by atoms with Gasteiger partial charge in [0.05, 0.1) is 6.04 Å². The summed E-state index contributed by atoms with van der Waals surface area (Å²) in [6.45, 7) is 7.27. The van der Waals surface area contributed by atoms with Crippen molar-refractivity contribution in [3.63, 3.8) is 0 Å². The number of hydrogen-bond donors (Lipinski definition) is 2. The number of rotatable bonds is 5. The van der Waals surface area contributed by atoms with E-state index >= 15 is 0 Å². The normalized spacial score (nSPS) is 17.3. The summed E-state index contributed by atoms with van der Waals surface area (Å²) in [6.07, 6.45) is 5.66. The second-order valence-corrected chi connectivity index (χ2v) is 6.30. The number of aromatic amines is 1. The van der Waals surface area contributed by atoms with Crippen molar-refractivity contribution in [3.05, 3.63) is 47.5 Å². The van der Waals surface area contributed by atoms with Gasteiger partial charge in [0.25, 0.3) is 0 Å². The van der Waals surface area contributed by atoms with E-state index in [1.165, 1.54) is 11.1 Å². The van der Waals surface area contributed by atoms with E-state index in [9.17, 15) is 0 Å². The molecular formula is C17H23N3O. The molecule has 112 valence electrons. The molecule has 1 aliphatic rings. The Morgan fingerprint density at radius 2 is 2.29 bits per heavy atom.